The fraction of sp³-hybridized carbons (Fsp3) is 0.500. The van der Waals surface area contributed by atoms with Gasteiger partial charge in [0.25, 0.3) is 0 Å². The van der Waals surface area contributed by atoms with Crippen molar-refractivity contribution in [1.82, 2.24) is 0 Å². The van der Waals surface area contributed by atoms with Crippen LogP contribution in [0.4, 0.5) is 18.9 Å². The zero-order valence-corrected chi connectivity index (χ0v) is 11.8. The Morgan fingerprint density at radius 3 is 2.64 bits per heavy atom. The highest BCUT2D eigenvalue weighted by atomic mass is 19.4. The van der Waals surface area contributed by atoms with E-state index in [0.29, 0.717) is 26.1 Å². The van der Waals surface area contributed by atoms with E-state index >= 15 is 0 Å². The van der Waals surface area contributed by atoms with Gasteiger partial charge in [0.05, 0.1) is 5.41 Å². The zero-order valence-electron chi connectivity index (χ0n) is 11.8. The standard InChI is InChI=1S/C14H17F3N2O3/c15-14(16,17)22-11-3-1-2-10(8-11)19-12(20)13(9-18)4-6-21-7-5-13/h1-3,8H,4-7,9,18H2,(H,19,20). The SMILES string of the molecule is NCC1(C(=O)Nc2cccc(OC(F)(F)F)c2)CCOCC1. The number of rotatable bonds is 4. The average Bonchev–Trinajstić information content (AvgIpc) is 2.46. The maximum atomic E-state index is 12.4. The molecule has 0 unspecified atom stereocenters. The van der Waals surface area contributed by atoms with E-state index < -0.39 is 11.8 Å². The van der Waals surface area contributed by atoms with Gasteiger partial charge in [-0.05, 0) is 25.0 Å². The Hall–Kier alpha value is -1.80. The zero-order chi connectivity index (χ0) is 16.2. The average molecular weight is 318 g/mol. The molecule has 0 aromatic heterocycles. The van der Waals surface area contributed by atoms with Crippen LogP contribution in [0.25, 0.3) is 0 Å². The summed E-state index contributed by atoms with van der Waals surface area (Å²) >= 11 is 0. The summed E-state index contributed by atoms with van der Waals surface area (Å²) < 4.78 is 45.7. The van der Waals surface area contributed by atoms with Crippen molar-refractivity contribution in [2.45, 2.75) is 19.2 Å². The lowest BCUT2D eigenvalue weighted by Gasteiger charge is -2.34. The van der Waals surface area contributed by atoms with E-state index in [1.807, 2.05) is 0 Å². The van der Waals surface area contributed by atoms with Crippen LogP contribution in [0.5, 0.6) is 5.75 Å². The van der Waals surface area contributed by atoms with Crippen molar-refractivity contribution in [2.24, 2.45) is 11.1 Å². The lowest BCUT2D eigenvalue weighted by molar-refractivity contribution is -0.274. The van der Waals surface area contributed by atoms with Gasteiger partial charge in [0.2, 0.25) is 5.91 Å². The molecule has 8 heteroatoms. The summed E-state index contributed by atoms with van der Waals surface area (Å²) in [5.41, 5.74) is 5.19. The van der Waals surface area contributed by atoms with Crippen LogP contribution in [-0.2, 0) is 9.53 Å². The number of halogens is 3. The van der Waals surface area contributed by atoms with Gasteiger partial charge in [-0.3, -0.25) is 4.79 Å². The number of anilines is 1. The highest BCUT2D eigenvalue weighted by Crippen LogP contribution is 2.32. The fourth-order valence-corrected chi connectivity index (χ4v) is 2.32. The topological polar surface area (TPSA) is 73.6 Å². The van der Waals surface area contributed by atoms with Crippen molar-refractivity contribution in [3.05, 3.63) is 24.3 Å². The molecule has 0 bridgehead atoms. The molecular weight excluding hydrogens is 301 g/mol. The lowest BCUT2D eigenvalue weighted by atomic mass is 9.79. The van der Waals surface area contributed by atoms with Crippen molar-refractivity contribution in [3.63, 3.8) is 0 Å². The number of benzene rings is 1. The number of nitrogens with one attached hydrogen (secondary N) is 1. The molecule has 5 nitrogen and oxygen atoms in total. The molecule has 1 fully saturated rings. The van der Waals surface area contributed by atoms with Crippen molar-refractivity contribution in [2.75, 3.05) is 25.1 Å². The minimum absolute atomic E-state index is 0.154. The molecule has 1 heterocycles. The third-order valence-electron chi connectivity index (χ3n) is 3.65. The number of alkyl halides is 3. The number of amides is 1. The molecule has 22 heavy (non-hydrogen) atoms. The van der Waals surface area contributed by atoms with Gasteiger partial charge in [-0.25, -0.2) is 0 Å². The Balaban J connectivity index is 2.09. The third kappa shape index (κ3) is 4.11. The van der Waals surface area contributed by atoms with Crippen LogP contribution in [0.15, 0.2) is 24.3 Å². The van der Waals surface area contributed by atoms with Crippen LogP contribution >= 0.6 is 0 Å². The maximum absolute atomic E-state index is 12.4. The Labute approximate surface area is 125 Å². The molecule has 1 aromatic carbocycles. The molecule has 1 amide bonds. The lowest BCUT2D eigenvalue weighted by Crippen LogP contribution is -2.46. The monoisotopic (exact) mass is 318 g/mol. The number of nitrogens with two attached hydrogens (primary N) is 1. The second-order valence-electron chi connectivity index (χ2n) is 5.13. The van der Waals surface area contributed by atoms with E-state index in [2.05, 4.69) is 10.1 Å². The van der Waals surface area contributed by atoms with Crippen LogP contribution in [-0.4, -0.2) is 32.0 Å². The first-order valence-electron chi connectivity index (χ1n) is 6.80. The van der Waals surface area contributed by atoms with Crippen LogP contribution in [0.1, 0.15) is 12.8 Å². The van der Waals surface area contributed by atoms with E-state index in [1.54, 1.807) is 0 Å². The van der Waals surface area contributed by atoms with Gasteiger partial charge in [-0.2, -0.15) is 0 Å². The van der Waals surface area contributed by atoms with Gasteiger partial charge in [-0.15, -0.1) is 13.2 Å². The van der Waals surface area contributed by atoms with Crippen LogP contribution in [0, 0.1) is 5.41 Å². The molecular formula is C14H17F3N2O3. The summed E-state index contributed by atoms with van der Waals surface area (Å²) in [6, 6.07) is 5.14. The molecule has 1 aliphatic heterocycles. The minimum atomic E-state index is -4.78. The number of hydrogen-bond donors (Lipinski definition) is 2. The van der Waals surface area contributed by atoms with Crippen molar-refractivity contribution < 1.29 is 27.4 Å². The van der Waals surface area contributed by atoms with Gasteiger partial charge in [0, 0.05) is 31.5 Å². The Bertz CT molecular complexity index is 528. The molecule has 122 valence electrons. The van der Waals surface area contributed by atoms with Gasteiger partial charge in [0.1, 0.15) is 5.75 Å². The molecule has 0 spiro atoms. The first kappa shape index (κ1) is 16.6. The molecule has 0 radical (unpaired) electrons. The molecule has 0 saturated carbocycles. The first-order chi connectivity index (χ1) is 10.3. The molecule has 3 N–H and O–H groups in total. The smallest absolute Gasteiger partial charge is 0.406 e. The van der Waals surface area contributed by atoms with Gasteiger partial charge < -0.3 is 20.5 Å². The molecule has 1 aliphatic rings. The van der Waals surface area contributed by atoms with E-state index in [9.17, 15) is 18.0 Å². The summed E-state index contributed by atoms with van der Waals surface area (Å²) in [6.45, 7) is 1.02. The van der Waals surface area contributed by atoms with Gasteiger partial charge in [-0.1, -0.05) is 6.07 Å². The van der Waals surface area contributed by atoms with E-state index in [4.69, 9.17) is 10.5 Å². The fourth-order valence-electron chi connectivity index (χ4n) is 2.32. The molecule has 0 atom stereocenters. The third-order valence-corrected chi connectivity index (χ3v) is 3.65. The first-order valence-corrected chi connectivity index (χ1v) is 6.80. The molecule has 1 aromatic rings. The summed E-state index contributed by atoms with van der Waals surface area (Å²) in [5, 5.41) is 2.61. The van der Waals surface area contributed by atoms with Gasteiger partial charge >= 0.3 is 6.36 Å². The van der Waals surface area contributed by atoms with Crippen LogP contribution < -0.4 is 15.8 Å². The Kier molecular flexibility index (Phi) is 4.92. The van der Waals surface area contributed by atoms with Crippen molar-refractivity contribution >= 4 is 11.6 Å². The molecule has 1 saturated heterocycles. The number of ether oxygens (including phenoxy) is 2. The number of carbonyl (C=O) groups excluding carboxylic acids is 1. The summed E-state index contributed by atoms with van der Waals surface area (Å²) in [5.74, 6) is -0.707. The Morgan fingerprint density at radius 2 is 2.05 bits per heavy atom. The van der Waals surface area contributed by atoms with Crippen molar-refractivity contribution in [1.29, 1.82) is 0 Å². The van der Waals surface area contributed by atoms with Crippen LogP contribution in [0.3, 0.4) is 0 Å². The van der Waals surface area contributed by atoms with Crippen molar-refractivity contribution in [3.8, 4) is 5.75 Å². The van der Waals surface area contributed by atoms with Gasteiger partial charge in [0.15, 0.2) is 0 Å². The molecule has 2 rings (SSSR count). The van der Waals surface area contributed by atoms with E-state index in [-0.39, 0.29) is 23.9 Å². The summed E-state index contributed by atoms with van der Waals surface area (Å²) in [4.78, 5) is 12.4. The summed E-state index contributed by atoms with van der Waals surface area (Å²) in [6.07, 6.45) is -3.82. The number of carbonyl (C=O) groups is 1. The van der Waals surface area contributed by atoms with Crippen LogP contribution in [0.2, 0.25) is 0 Å². The minimum Gasteiger partial charge on any atom is -0.406 e. The normalized spacial score (nSPS) is 17.8. The second-order valence-corrected chi connectivity index (χ2v) is 5.13. The largest absolute Gasteiger partial charge is 0.573 e. The number of hydrogen-bond acceptors (Lipinski definition) is 4. The predicted molar refractivity (Wildman–Crippen MR) is 73.3 cm³/mol. The van der Waals surface area contributed by atoms with E-state index in [0.717, 1.165) is 12.1 Å². The van der Waals surface area contributed by atoms with E-state index in [1.165, 1.54) is 12.1 Å². The quantitative estimate of drug-likeness (QED) is 0.893. The Morgan fingerprint density at radius 1 is 1.36 bits per heavy atom. The highest BCUT2D eigenvalue weighted by Gasteiger charge is 2.39. The molecule has 0 aliphatic carbocycles. The summed E-state index contributed by atoms with van der Waals surface area (Å²) in [7, 11) is 0. The highest BCUT2D eigenvalue weighted by molar-refractivity contribution is 5.95. The predicted octanol–water partition coefficient (Wildman–Crippen LogP) is 2.28. The second kappa shape index (κ2) is 6.53. The maximum Gasteiger partial charge on any atom is 0.573 e.